The third-order valence-corrected chi connectivity index (χ3v) is 4.30. The summed E-state index contributed by atoms with van der Waals surface area (Å²) in [6.45, 7) is 0.128. The minimum absolute atomic E-state index is 0.128. The molecular weight excluding hydrogens is 266 g/mol. The molecule has 1 saturated carbocycles. The fourth-order valence-electron chi connectivity index (χ4n) is 3.17. The highest BCUT2D eigenvalue weighted by atomic mass is 16.5. The van der Waals surface area contributed by atoms with E-state index in [0.717, 1.165) is 31.2 Å². The molecule has 0 aliphatic heterocycles. The van der Waals surface area contributed by atoms with E-state index in [9.17, 15) is 9.90 Å². The molecule has 1 aromatic rings. The van der Waals surface area contributed by atoms with Crippen molar-refractivity contribution in [3.8, 4) is 0 Å². The van der Waals surface area contributed by atoms with Gasteiger partial charge in [0.2, 0.25) is 0 Å². The number of carbonyl (C=O) groups is 1. The van der Waals surface area contributed by atoms with Gasteiger partial charge in [0.25, 0.3) is 0 Å². The lowest BCUT2D eigenvalue weighted by molar-refractivity contribution is -0.148. The molecule has 21 heavy (non-hydrogen) atoms. The summed E-state index contributed by atoms with van der Waals surface area (Å²) in [5, 5.41) is 13.3. The summed E-state index contributed by atoms with van der Waals surface area (Å²) < 4.78 is 5.25. The molecule has 0 aromatic heterocycles. The van der Waals surface area contributed by atoms with Gasteiger partial charge in [-0.05, 0) is 18.4 Å². The molecule has 2 rings (SSSR count). The summed E-state index contributed by atoms with van der Waals surface area (Å²) in [4.78, 5) is 12.0. The Morgan fingerprint density at radius 3 is 2.38 bits per heavy atom. The van der Waals surface area contributed by atoms with Gasteiger partial charge in [-0.15, -0.1) is 0 Å². The zero-order valence-corrected chi connectivity index (χ0v) is 12.7. The molecule has 4 heteroatoms. The number of benzene rings is 1. The van der Waals surface area contributed by atoms with Gasteiger partial charge in [-0.1, -0.05) is 56.0 Å². The fraction of sp³-hybridized carbons (Fsp3) is 0.588. The lowest BCUT2D eigenvalue weighted by atomic mass is 9.88. The van der Waals surface area contributed by atoms with Crippen molar-refractivity contribution < 1.29 is 14.6 Å². The number of carboxylic acid groups (broad SMARTS) is 1. The second-order valence-electron chi connectivity index (χ2n) is 5.84. The zero-order valence-electron chi connectivity index (χ0n) is 12.7. The molecule has 1 fully saturated rings. The van der Waals surface area contributed by atoms with Crippen molar-refractivity contribution in [3.05, 3.63) is 35.9 Å². The van der Waals surface area contributed by atoms with E-state index in [2.05, 4.69) is 5.32 Å². The van der Waals surface area contributed by atoms with Crippen molar-refractivity contribution in [2.24, 2.45) is 0 Å². The number of ether oxygens (including phenoxy) is 1. The van der Waals surface area contributed by atoms with Crippen molar-refractivity contribution >= 4 is 5.97 Å². The van der Waals surface area contributed by atoms with E-state index in [1.807, 2.05) is 30.3 Å². The molecule has 0 radical (unpaired) electrons. The van der Waals surface area contributed by atoms with Crippen molar-refractivity contribution in [1.82, 2.24) is 5.32 Å². The van der Waals surface area contributed by atoms with Crippen molar-refractivity contribution in [1.29, 1.82) is 0 Å². The molecule has 1 unspecified atom stereocenters. The van der Waals surface area contributed by atoms with Gasteiger partial charge < -0.3 is 9.84 Å². The van der Waals surface area contributed by atoms with Gasteiger partial charge in [0.05, 0.1) is 6.61 Å². The Bertz CT molecular complexity index is 441. The molecule has 0 heterocycles. The first kappa shape index (κ1) is 16.0. The Morgan fingerprint density at radius 2 is 1.86 bits per heavy atom. The molecule has 1 aliphatic rings. The third-order valence-electron chi connectivity index (χ3n) is 4.30. The van der Waals surface area contributed by atoms with Crippen LogP contribution in [0, 0.1) is 0 Å². The highest BCUT2D eigenvalue weighted by Gasteiger charge is 2.42. The van der Waals surface area contributed by atoms with E-state index in [4.69, 9.17) is 4.74 Å². The first-order valence-electron chi connectivity index (χ1n) is 7.74. The average molecular weight is 291 g/mol. The summed E-state index contributed by atoms with van der Waals surface area (Å²) >= 11 is 0. The van der Waals surface area contributed by atoms with Crippen LogP contribution >= 0.6 is 0 Å². The standard InChI is InChI=1S/C17H25NO3/c1-21-13-17(16(19)20,14-9-5-4-6-10-14)18-15-11-7-2-3-8-12-15/h4-6,9-10,15,18H,2-3,7-8,11-13H2,1H3,(H,19,20). The van der Waals surface area contributed by atoms with Crippen molar-refractivity contribution in [2.45, 2.75) is 50.1 Å². The Labute approximate surface area is 126 Å². The second-order valence-corrected chi connectivity index (χ2v) is 5.84. The number of aliphatic carboxylic acids is 1. The lowest BCUT2D eigenvalue weighted by Gasteiger charge is -2.34. The normalized spacial score (nSPS) is 19.7. The summed E-state index contributed by atoms with van der Waals surface area (Å²) in [5.41, 5.74) is -0.408. The first-order chi connectivity index (χ1) is 10.2. The van der Waals surface area contributed by atoms with Gasteiger partial charge in [0, 0.05) is 13.2 Å². The maximum atomic E-state index is 12.0. The predicted molar refractivity (Wildman–Crippen MR) is 82.3 cm³/mol. The molecule has 1 aliphatic carbocycles. The zero-order chi connectivity index (χ0) is 15.1. The van der Waals surface area contributed by atoms with Crippen molar-refractivity contribution in [3.63, 3.8) is 0 Å². The SMILES string of the molecule is COCC(NC1CCCCCC1)(C(=O)O)c1ccccc1. The van der Waals surface area contributed by atoms with Crippen LogP contribution < -0.4 is 5.32 Å². The number of carboxylic acids is 1. The Kier molecular flexibility index (Phi) is 5.76. The van der Waals surface area contributed by atoms with Crippen LogP contribution in [-0.4, -0.2) is 30.8 Å². The van der Waals surface area contributed by atoms with Crippen LogP contribution in [0.2, 0.25) is 0 Å². The van der Waals surface area contributed by atoms with E-state index in [0.29, 0.717) is 0 Å². The quantitative estimate of drug-likeness (QED) is 0.791. The number of hydrogen-bond donors (Lipinski definition) is 2. The molecule has 0 spiro atoms. The van der Waals surface area contributed by atoms with Crippen LogP contribution in [-0.2, 0) is 15.1 Å². The molecule has 4 nitrogen and oxygen atoms in total. The van der Waals surface area contributed by atoms with Crippen molar-refractivity contribution in [2.75, 3.05) is 13.7 Å². The summed E-state index contributed by atoms with van der Waals surface area (Å²) in [5.74, 6) is -0.875. The van der Waals surface area contributed by atoms with Crippen LogP contribution in [0.5, 0.6) is 0 Å². The fourth-order valence-corrected chi connectivity index (χ4v) is 3.17. The van der Waals surface area contributed by atoms with Crippen LogP contribution in [0.25, 0.3) is 0 Å². The van der Waals surface area contributed by atoms with E-state index in [-0.39, 0.29) is 12.6 Å². The Morgan fingerprint density at radius 1 is 1.24 bits per heavy atom. The van der Waals surface area contributed by atoms with E-state index in [1.165, 1.54) is 12.8 Å². The van der Waals surface area contributed by atoms with E-state index in [1.54, 1.807) is 7.11 Å². The number of nitrogens with one attached hydrogen (secondary N) is 1. The molecule has 1 aromatic carbocycles. The van der Waals surface area contributed by atoms with Gasteiger partial charge in [-0.3, -0.25) is 5.32 Å². The summed E-state index contributed by atoms with van der Waals surface area (Å²) in [6, 6.07) is 9.59. The van der Waals surface area contributed by atoms with Gasteiger partial charge >= 0.3 is 5.97 Å². The molecule has 0 amide bonds. The maximum Gasteiger partial charge on any atom is 0.331 e. The Balaban J connectivity index is 2.28. The van der Waals surface area contributed by atoms with Gasteiger partial charge in [-0.2, -0.15) is 0 Å². The van der Waals surface area contributed by atoms with Crippen LogP contribution in [0.1, 0.15) is 44.1 Å². The van der Waals surface area contributed by atoms with Crippen LogP contribution in [0.15, 0.2) is 30.3 Å². The smallest absolute Gasteiger partial charge is 0.331 e. The summed E-state index contributed by atoms with van der Waals surface area (Å²) in [6.07, 6.45) is 6.88. The molecule has 1 atom stereocenters. The van der Waals surface area contributed by atoms with Crippen LogP contribution in [0.4, 0.5) is 0 Å². The third kappa shape index (κ3) is 3.83. The molecule has 0 bridgehead atoms. The number of hydrogen-bond acceptors (Lipinski definition) is 3. The largest absolute Gasteiger partial charge is 0.480 e. The van der Waals surface area contributed by atoms with Gasteiger partial charge in [-0.25, -0.2) is 4.79 Å². The molecular formula is C17H25NO3. The van der Waals surface area contributed by atoms with Gasteiger partial charge in [0.1, 0.15) is 0 Å². The monoisotopic (exact) mass is 291 g/mol. The second kappa shape index (κ2) is 7.57. The van der Waals surface area contributed by atoms with E-state index < -0.39 is 11.5 Å². The Hall–Kier alpha value is -1.39. The van der Waals surface area contributed by atoms with Gasteiger partial charge in [0.15, 0.2) is 5.54 Å². The summed E-state index contributed by atoms with van der Waals surface area (Å²) in [7, 11) is 1.55. The maximum absolute atomic E-state index is 12.0. The molecule has 0 saturated heterocycles. The molecule has 2 N–H and O–H groups in total. The highest BCUT2D eigenvalue weighted by Crippen LogP contribution is 2.26. The molecule has 116 valence electrons. The minimum atomic E-state index is -1.16. The minimum Gasteiger partial charge on any atom is -0.480 e. The first-order valence-corrected chi connectivity index (χ1v) is 7.74. The van der Waals surface area contributed by atoms with E-state index >= 15 is 0 Å². The lowest BCUT2D eigenvalue weighted by Crippen LogP contribution is -2.56. The number of rotatable bonds is 6. The predicted octanol–water partition coefficient (Wildman–Crippen LogP) is 2.93. The topological polar surface area (TPSA) is 58.6 Å². The number of methoxy groups -OCH3 is 1. The van der Waals surface area contributed by atoms with Crippen LogP contribution in [0.3, 0.4) is 0 Å². The average Bonchev–Trinajstić information content (AvgIpc) is 2.76. The highest BCUT2D eigenvalue weighted by molar-refractivity contribution is 5.81.